The topological polar surface area (TPSA) is 51.2 Å². The van der Waals surface area contributed by atoms with Crippen LogP contribution in [0, 0.1) is 0 Å². The second kappa shape index (κ2) is 5.66. The largest absolute Gasteiger partial charge is 0.472 e. The van der Waals surface area contributed by atoms with Crippen LogP contribution in [0.1, 0.15) is 30.1 Å². The van der Waals surface area contributed by atoms with Crippen molar-refractivity contribution in [3.63, 3.8) is 0 Å². The van der Waals surface area contributed by atoms with Gasteiger partial charge in [0.15, 0.2) is 0 Å². The Labute approximate surface area is 102 Å². The van der Waals surface area contributed by atoms with E-state index in [1.807, 2.05) is 24.3 Å². The molecule has 0 saturated carbocycles. The van der Waals surface area contributed by atoms with E-state index in [1.54, 1.807) is 12.5 Å². The van der Waals surface area contributed by atoms with Crippen molar-refractivity contribution in [1.82, 2.24) is 5.32 Å². The molecule has 3 nitrogen and oxygen atoms in total. The molecule has 3 heteroatoms. The van der Waals surface area contributed by atoms with Crippen LogP contribution in [-0.2, 0) is 0 Å². The molecule has 1 aromatic heterocycles. The molecular weight excluding hydrogens is 212 g/mol. The molecular formula is C14H18N2O. The summed E-state index contributed by atoms with van der Waals surface area (Å²) >= 11 is 0. The number of hydrogen-bond donors (Lipinski definition) is 2. The number of hydrogen-bond acceptors (Lipinski definition) is 3. The van der Waals surface area contributed by atoms with Gasteiger partial charge in [-0.3, -0.25) is 0 Å². The van der Waals surface area contributed by atoms with Crippen molar-refractivity contribution < 1.29 is 4.42 Å². The van der Waals surface area contributed by atoms with Crippen LogP contribution in [-0.4, -0.2) is 6.54 Å². The first-order valence-electron chi connectivity index (χ1n) is 5.84. The summed E-state index contributed by atoms with van der Waals surface area (Å²) in [4.78, 5) is 0. The second-order valence-corrected chi connectivity index (χ2v) is 4.14. The molecule has 2 aromatic rings. The highest BCUT2D eigenvalue weighted by molar-refractivity contribution is 5.20. The lowest BCUT2D eigenvalue weighted by Gasteiger charge is -2.21. The van der Waals surface area contributed by atoms with Crippen molar-refractivity contribution in [2.24, 2.45) is 5.73 Å². The molecule has 0 aliphatic heterocycles. The Balaban J connectivity index is 2.05. The van der Waals surface area contributed by atoms with Crippen LogP contribution in [0.2, 0.25) is 0 Å². The molecule has 1 heterocycles. The van der Waals surface area contributed by atoms with Gasteiger partial charge in [-0.2, -0.15) is 0 Å². The van der Waals surface area contributed by atoms with Gasteiger partial charge in [-0.25, -0.2) is 0 Å². The minimum atomic E-state index is 0.129. The number of rotatable bonds is 5. The predicted molar refractivity (Wildman–Crippen MR) is 68.5 cm³/mol. The third-order valence-corrected chi connectivity index (χ3v) is 2.93. The number of nitrogens with two attached hydrogens (primary N) is 1. The van der Waals surface area contributed by atoms with E-state index < -0.39 is 0 Å². The monoisotopic (exact) mass is 230 g/mol. The normalized spacial score (nSPS) is 14.5. The Morgan fingerprint density at radius 3 is 2.53 bits per heavy atom. The predicted octanol–water partition coefficient (Wildman–Crippen LogP) is 2.63. The molecule has 2 unspecified atom stereocenters. The second-order valence-electron chi connectivity index (χ2n) is 4.14. The standard InChI is InChI=1S/C14H18N2O/c1-11(12-5-3-2-4-6-12)16-14(9-15)13-7-8-17-10-13/h2-8,10-11,14,16H,9,15H2,1H3. The van der Waals surface area contributed by atoms with Crippen LogP contribution in [0.25, 0.3) is 0 Å². The average Bonchev–Trinajstić information content (AvgIpc) is 2.90. The van der Waals surface area contributed by atoms with Gasteiger partial charge in [0.2, 0.25) is 0 Å². The summed E-state index contributed by atoms with van der Waals surface area (Å²) in [5.74, 6) is 0. The van der Waals surface area contributed by atoms with E-state index in [0.717, 1.165) is 5.56 Å². The van der Waals surface area contributed by atoms with Crippen molar-refractivity contribution >= 4 is 0 Å². The molecule has 0 aliphatic rings. The molecule has 0 bridgehead atoms. The van der Waals surface area contributed by atoms with E-state index in [2.05, 4.69) is 24.4 Å². The van der Waals surface area contributed by atoms with Gasteiger partial charge in [0, 0.05) is 24.2 Å². The quantitative estimate of drug-likeness (QED) is 0.830. The Morgan fingerprint density at radius 1 is 1.18 bits per heavy atom. The Bertz CT molecular complexity index is 425. The third-order valence-electron chi connectivity index (χ3n) is 2.93. The van der Waals surface area contributed by atoms with Crippen molar-refractivity contribution in [2.45, 2.75) is 19.0 Å². The maximum atomic E-state index is 5.79. The Morgan fingerprint density at radius 2 is 1.94 bits per heavy atom. The lowest BCUT2D eigenvalue weighted by Crippen LogP contribution is -2.30. The first-order chi connectivity index (χ1) is 8.31. The summed E-state index contributed by atoms with van der Waals surface area (Å²) in [5, 5.41) is 3.50. The molecule has 2 atom stereocenters. The average molecular weight is 230 g/mol. The van der Waals surface area contributed by atoms with Gasteiger partial charge in [-0.1, -0.05) is 30.3 Å². The fourth-order valence-electron chi connectivity index (χ4n) is 1.91. The lowest BCUT2D eigenvalue weighted by molar-refractivity contribution is 0.466. The first-order valence-corrected chi connectivity index (χ1v) is 5.84. The van der Waals surface area contributed by atoms with Gasteiger partial charge < -0.3 is 15.5 Å². The summed E-state index contributed by atoms with van der Waals surface area (Å²) < 4.78 is 5.09. The van der Waals surface area contributed by atoms with Crippen LogP contribution in [0.4, 0.5) is 0 Å². The van der Waals surface area contributed by atoms with Gasteiger partial charge >= 0.3 is 0 Å². The van der Waals surface area contributed by atoms with Crippen LogP contribution >= 0.6 is 0 Å². The molecule has 1 aromatic carbocycles. The van der Waals surface area contributed by atoms with Gasteiger partial charge in [0.1, 0.15) is 0 Å². The van der Waals surface area contributed by atoms with E-state index in [-0.39, 0.29) is 12.1 Å². The lowest BCUT2D eigenvalue weighted by atomic mass is 10.1. The fraction of sp³-hybridized carbons (Fsp3) is 0.286. The summed E-state index contributed by atoms with van der Waals surface area (Å²) in [6.07, 6.45) is 3.41. The van der Waals surface area contributed by atoms with E-state index >= 15 is 0 Å². The van der Waals surface area contributed by atoms with E-state index in [1.165, 1.54) is 5.56 Å². The Hall–Kier alpha value is -1.58. The first kappa shape index (κ1) is 11.9. The highest BCUT2D eigenvalue weighted by Crippen LogP contribution is 2.19. The smallest absolute Gasteiger partial charge is 0.0950 e. The van der Waals surface area contributed by atoms with Crippen molar-refractivity contribution in [2.75, 3.05) is 6.54 Å². The van der Waals surface area contributed by atoms with Gasteiger partial charge in [-0.05, 0) is 18.6 Å². The molecule has 17 heavy (non-hydrogen) atoms. The zero-order valence-corrected chi connectivity index (χ0v) is 9.97. The van der Waals surface area contributed by atoms with Crippen molar-refractivity contribution in [3.05, 3.63) is 60.1 Å². The maximum Gasteiger partial charge on any atom is 0.0950 e. The van der Waals surface area contributed by atoms with Crippen molar-refractivity contribution in [3.8, 4) is 0 Å². The maximum absolute atomic E-state index is 5.79. The molecule has 3 N–H and O–H groups in total. The van der Waals surface area contributed by atoms with Gasteiger partial charge in [0.05, 0.1) is 12.5 Å². The zero-order chi connectivity index (χ0) is 12.1. The summed E-state index contributed by atoms with van der Waals surface area (Å²) in [5.41, 5.74) is 8.14. The van der Waals surface area contributed by atoms with Crippen LogP contribution < -0.4 is 11.1 Å². The fourth-order valence-corrected chi connectivity index (χ4v) is 1.91. The molecule has 2 rings (SSSR count). The summed E-state index contributed by atoms with van der Waals surface area (Å²) in [6, 6.07) is 12.7. The molecule has 0 saturated heterocycles. The Kier molecular flexibility index (Phi) is 3.96. The molecule has 0 aliphatic carbocycles. The molecule has 0 spiro atoms. The SMILES string of the molecule is CC(NC(CN)c1ccoc1)c1ccccc1. The van der Waals surface area contributed by atoms with Crippen LogP contribution in [0.5, 0.6) is 0 Å². The number of nitrogens with one attached hydrogen (secondary N) is 1. The highest BCUT2D eigenvalue weighted by Gasteiger charge is 2.14. The molecule has 0 amide bonds. The van der Waals surface area contributed by atoms with Crippen LogP contribution in [0.3, 0.4) is 0 Å². The van der Waals surface area contributed by atoms with Gasteiger partial charge in [-0.15, -0.1) is 0 Å². The molecule has 90 valence electrons. The van der Waals surface area contributed by atoms with Gasteiger partial charge in [0.25, 0.3) is 0 Å². The number of furan rings is 1. The summed E-state index contributed by atoms with van der Waals surface area (Å²) in [6.45, 7) is 2.69. The van der Waals surface area contributed by atoms with E-state index in [0.29, 0.717) is 6.54 Å². The number of benzene rings is 1. The highest BCUT2D eigenvalue weighted by atomic mass is 16.3. The third kappa shape index (κ3) is 2.96. The van der Waals surface area contributed by atoms with Crippen molar-refractivity contribution in [1.29, 1.82) is 0 Å². The van der Waals surface area contributed by atoms with Crippen LogP contribution in [0.15, 0.2) is 53.3 Å². The molecule has 0 radical (unpaired) electrons. The summed E-state index contributed by atoms with van der Waals surface area (Å²) in [7, 11) is 0. The zero-order valence-electron chi connectivity index (χ0n) is 9.97. The minimum absolute atomic E-state index is 0.129. The minimum Gasteiger partial charge on any atom is -0.472 e. The van der Waals surface area contributed by atoms with E-state index in [4.69, 9.17) is 10.2 Å². The molecule has 0 fully saturated rings. The van der Waals surface area contributed by atoms with E-state index in [9.17, 15) is 0 Å².